The minimum Gasteiger partial charge on any atom is -0.366 e. The topological polar surface area (TPSA) is 122 Å². The first-order valence-corrected chi connectivity index (χ1v) is 11.2. The van der Waals surface area contributed by atoms with Crippen LogP contribution >= 0.6 is 0 Å². The summed E-state index contributed by atoms with van der Waals surface area (Å²) in [6.07, 6.45) is 0.562. The number of amides is 3. The van der Waals surface area contributed by atoms with Gasteiger partial charge in [0, 0.05) is 31.7 Å². The largest absolute Gasteiger partial charge is 0.366 e. The molecule has 0 atom stereocenters. The quantitative estimate of drug-likeness (QED) is 0.530. The number of primary amides is 1. The van der Waals surface area contributed by atoms with Crippen LogP contribution in [-0.2, 0) is 23.0 Å². The first kappa shape index (κ1) is 23.4. The molecule has 0 heterocycles. The maximum Gasteiger partial charge on any atom is 0.315 e. The monoisotopic (exact) mass is 432 g/mol. The molecular weight excluding hydrogens is 404 g/mol. The number of nitrogens with one attached hydrogen (secondary N) is 2. The van der Waals surface area contributed by atoms with E-state index in [-0.39, 0.29) is 17.5 Å². The Kier molecular flexibility index (Phi) is 8.37. The molecule has 4 N–H and O–H groups in total. The van der Waals surface area contributed by atoms with Crippen LogP contribution in [0.3, 0.4) is 0 Å². The normalized spacial score (nSPS) is 11.3. The summed E-state index contributed by atoms with van der Waals surface area (Å²) in [6.45, 7) is 5.09. The van der Waals surface area contributed by atoms with E-state index in [0.29, 0.717) is 31.6 Å². The van der Waals surface area contributed by atoms with E-state index in [4.69, 9.17) is 5.73 Å². The highest BCUT2D eigenvalue weighted by molar-refractivity contribution is 7.89. The van der Waals surface area contributed by atoms with Gasteiger partial charge in [-0.3, -0.25) is 4.79 Å². The number of rotatable bonds is 10. The van der Waals surface area contributed by atoms with Crippen LogP contribution < -0.4 is 16.4 Å². The van der Waals surface area contributed by atoms with Crippen LogP contribution in [0.2, 0.25) is 0 Å². The van der Waals surface area contributed by atoms with E-state index in [0.717, 1.165) is 11.1 Å². The summed E-state index contributed by atoms with van der Waals surface area (Å²) in [5, 5.41) is 5.48. The molecule has 9 heteroatoms. The molecule has 30 heavy (non-hydrogen) atoms. The molecule has 0 aliphatic rings. The zero-order valence-electron chi connectivity index (χ0n) is 17.2. The zero-order valence-corrected chi connectivity index (χ0v) is 18.0. The van der Waals surface area contributed by atoms with E-state index in [2.05, 4.69) is 10.6 Å². The van der Waals surface area contributed by atoms with Crippen molar-refractivity contribution in [2.24, 2.45) is 5.73 Å². The lowest BCUT2D eigenvalue weighted by Crippen LogP contribution is -2.36. The van der Waals surface area contributed by atoms with Gasteiger partial charge in [0.1, 0.15) is 0 Å². The van der Waals surface area contributed by atoms with Crippen LogP contribution in [0.1, 0.15) is 35.3 Å². The molecule has 0 spiro atoms. The molecule has 0 fully saturated rings. The van der Waals surface area contributed by atoms with Crippen molar-refractivity contribution in [3.63, 3.8) is 0 Å². The van der Waals surface area contributed by atoms with Gasteiger partial charge < -0.3 is 16.4 Å². The highest BCUT2D eigenvalue weighted by atomic mass is 32.2. The Labute approximate surface area is 177 Å². The summed E-state index contributed by atoms with van der Waals surface area (Å²) in [5.41, 5.74) is 7.38. The number of sulfonamides is 1. The van der Waals surface area contributed by atoms with Gasteiger partial charge in [-0.05, 0) is 41.8 Å². The Morgan fingerprint density at radius 3 is 2.23 bits per heavy atom. The average molecular weight is 433 g/mol. The molecule has 2 aromatic rings. The highest BCUT2D eigenvalue weighted by Crippen LogP contribution is 2.16. The van der Waals surface area contributed by atoms with Crippen LogP contribution in [-0.4, -0.2) is 44.3 Å². The minimum absolute atomic E-state index is 0.234. The molecule has 0 aromatic heterocycles. The van der Waals surface area contributed by atoms with E-state index in [1.54, 1.807) is 56.3 Å². The second-order valence-corrected chi connectivity index (χ2v) is 8.60. The third-order valence-corrected chi connectivity index (χ3v) is 6.69. The van der Waals surface area contributed by atoms with Crippen molar-refractivity contribution in [3.8, 4) is 0 Å². The van der Waals surface area contributed by atoms with E-state index in [1.807, 2.05) is 6.07 Å². The van der Waals surface area contributed by atoms with Gasteiger partial charge in [0.05, 0.1) is 4.90 Å². The standard InChI is InChI=1S/C21H28N4O4S/c1-3-25(4-2)30(28,29)19-10-8-17(9-11-19)15-24-21(27)23-13-12-16-6-5-7-18(14-16)20(22)26/h5-11,14H,3-4,12-13,15H2,1-2H3,(H2,22,26)(H2,23,24,27). The van der Waals surface area contributed by atoms with Gasteiger partial charge in [0.2, 0.25) is 15.9 Å². The van der Waals surface area contributed by atoms with Gasteiger partial charge in [0.15, 0.2) is 0 Å². The lowest BCUT2D eigenvalue weighted by molar-refractivity contribution is 0.1000. The Hall–Kier alpha value is -2.91. The fourth-order valence-electron chi connectivity index (χ4n) is 2.94. The molecule has 0 unspecified atom stereocenters. The molecule has 0 bridgehead atoms. The minimum atomic E-state index is -3.49. The second-order valence-electron chi connectivity index (χ2n) is 6.66. The summed E-state index contributed by atoms with van der Waals surface area (Å²) < 4.78 is 26.4. The van der Waals surface area contributed by atoms with Crippen molar-refractivity contribution in [1.29, 1.82) is 0 Å². The Bertz CT molecular complexity index is 971. The van der Waals surface area contributed by atoms with Gasteiger partial charge in [-0.2, -0.15) is 4.31 Å². The van der Waals surface area contributed by atoms with Gasteiger partial charge >= 0.3 is 6.03 Å². The van der Waals surface area contributed by atoms with Crippen LogP contribution in [0.25, 0.3) is 0 Å². The molecular formula is C21H28N4O4S. The lowest BCUT2D eigenvalue weighted by atomic mass is 10.1. The van der Waals surface area contributed by atoms with E-state index in [1.165, 1.54) is 4.31 Å². The molecule has 8 nitrogen and oxygen atoms in total. The van der Waals surface area contributed by atoms with Crippen molar-refractivity contribution in [2.75, 3.05) is 19.6 Å². The van der Waals surface area contributed by atoms with Crippen molar-refractivity contribution in [3.05, 3.63) is 65.2 Å². The molecule has 3 amide bonds. The zero-order chi connectivity index (χ0) is 22.1. The predicted molar refractivity (Wildman–Crippen MR) is 115 cm³/mol. The van der Waals surface area contributed by atoms with E-state index >= 15 is 0 Å². The molecule has 0 saturated heterocycles. The maximum absolute atomic E-state index is 12.5. The van der Waals surface area contributed by atoms with E-state index < -0.39 is 15.9 Å². The summed E-state index contributed by atoms with van der Waals surface area (Å²) in [4.78, 5) is 23.4. The fraction of sp³-hybridized carbons (Fsp3) is 0.333. The number of nitrogens with two attached hydrogens (primary N) is 1. The van der Waals surface area contributed by atoms with Crippen molar-refractivity contribution >= 4 is 22.0 Å². The van der Waals surface area contributed by atoms with Gasteiger partial charge in [-0.15, -0.1) is 0 Å². The number of urea groups is 1. The molecule has 0 saturated carbocycles. The Morgan fingerprint density at radius 1 is 0.967 bits per heavy atom. The fourth-order valence-corrected chi connectivity index (χ4v) is 4.40. The van der Waals surface area contributed by atoms with Gasteiger partial charge in [0.25, 0.3) is 0 Å². The molecule has 0 aliphatic heterocycles. The van der Waals surface area contributed by atoms with Crippen molar-refractivity contribution in [1.82, 2.24) is 14.9 Å². The number of hydrogen-bond donors (Lipinski definition) is 3. The van der Waals surface area contributed by atoms with Crippen LogP contribution in [0.15, 0.2) is 53.4 Å². The Balaban J connectivity index is 1.82. The third kappa shape index (κ3) is 6.30. The van der Waals surface area contributed by atoms with Gasteiger partial charge in [-0.1, -0.05) is 38.1 Å². The number of carbonyl (C=O) groups excluding carboxylic acids is 2. The molecule has 0 aliphatic carbocycles. The van der Waals surface area contributed by atoms with Crippen LogP contribution in [0, 0.1) is 0 Å². The predicted octanol–water partition coefficient (Wildman–Crippen LogP) is 1.86. The summed E-state index contributed by atoms with van der Waals surface area (Å²) in [5.74, 6) is -0.488. The first-order chi connectivity index (χ1) is 14.3. The van der Waals surface area contributed by atoms with Crippen molar-refractivity contribution < 1.29 is 18.0 Å². The van der Waals surface area contributed by atoms with Gasteiger partial charge in [-0.25, -0.2) is 13.2 Å². The number of carbonyl (C=O) groups is 2. The first-order valence-electron chi connectivity index (χ1n) is 9.77. The maximum atomic E-state index is 12.5. The molecule has 0 radical (unpaired) electrons. The lowest BCUT2D eigenvalue weighted by Gasteiger charge is -2.18. The molecule has 2 aromatic carbocycles. The number of hydrogen-bond acceptors (Lipinski definition) is 4. The SMILES string of the molecule is CCN(CC)S(=O)(=O)c1ccc(CNC(=O)NCCc2cccc(C(N)=O)c2)cc1. The Morgan fingerprint density at radius 2 is 1.63 bits per heavy atom. The number of benzene rings is 2. The molecule has 162 valence electrons. The summed E-state index contributed by atoms with van der Waals surface area (Å²) in [6, 6.07) is 13.1. The summed E-state index contributed by atoms with van der Waals surface area (Å²) in [7, 11) is -3.49. The van der Waals surface area contributed by atoms with Crippen LogP contribution in [0.4, 0.5) is 4.79 Å². The third-order valence-electron chi connectivity index (χ3n) is 4.63. The highest BCUT2D eigenvalue weighted by Gasteiger charge is 2.21. The molecule has 2 rings (SSSR count). The summed E-state index contributed by atoms with van der Waals surface area (Å²) >= 11 is 0. The average Bonchev–Trinajstić information content (AvgIpc) is 2.73. The number of nitrogens with zero attached hydrogens (tertiary/aromatic N) is 1. The van der Waals surface area contributed by atoms with Crippen LogP contribution in [0.5, 0.6) is 0 Å². The van der Waals surface area contributed by atoms with Crippen molar-refractivity contribution in [2.45, 2.75) is 31.7 Å². The smallest absolute Gasteiger partial charge is 0.315 e. The second kappa shape index (κ2) is 10.7. The van der Waals surface area contributed by atoms with E-state index in [9.17, 15) is 18.0 Å².